The molecule has 12 rings (SSSR count). The van der Waals surface area contributed by atoms with Gasteiger partial charge in [-0.25, -0.2) is 9.59 Å². The highest BCUT2D eigenvalue weighted by molar-refractivity contribution is 6.31. The SMILES string of the molecule is COC(=O)/C(C)=C/CC12OC(C)(C)C3CC(C1=O)C1=C4C(N=C5c6ccccc6C(=O)C51)c1c(OC(=O)c5ccc(O[C@@H]6O[C@H](COC(C)=O)[C@@H](OC(C)=O)[C@H](OC(C)=O)[C@H]6OC(C)=O)cc5)c5c(c(CC=C(C)C)c1OC432)OC(C)(CCC=C(C)C)C=C5. The van der Waals surface area contributed by atoms with Crippen LogP contribution in [0.1, 0.15) is 158 Å². The Balaban J connectivity index is 1.09. The Hall–Kier alpha value is -8.49. The Labute approximate surface area is 515 Å². The smallest absolute Gasteiger partial charge is 0.343 e. The van der Waals surface area contributed by atoms with Gasteiger partial charge in [0.1, 0.15) is 41.6 Å². The van der Waals surface area contributed by atoms with Gasteiger partial charge in [0, 0.05) is 73.8 Å². The number of ether oxygens (including phenoxy) is 11. The van der Waals surface area contributed by atoms with Crippen LogP contribution in [0, 0.1) is 17.8 Å². The number of nitrogens with zero attached hydrogens (tertiary/aromatic N) is 1. The molecule has 4 aliphatic carbocycles. The van der Waals surface area contributed by atoms with Gasteiger partial charge in [0.25, 0.3) is 0 Å². The molecule has 4 bridgehead atoms. The monoisotopic (exact) mass is 1220 g/mol. The molecule has 5 heterocycles. The van der Waals surface area contributed by atoms with E-state index >= 15 is 14.4 Å². The number of Topliss-reactive ketones (excluding diaryl/α,β-unsaturated/α-hetero) is 2. The van der Waals surface area contributed by atoms with Gasteiger partial charge < -0.3 is 52.1 Å². The van der Waals surface area contributed by atoms with Gasteiger partial charge in [-0.2, -0.15) is 0 Å². The first-order chi connectivity index (χ1) is 42.1. The summed E-state index contributed by atoms with van der Waals surface area (Å²) >= 11 is 0. The minimum absolute atomic E-state index is 0.0305. The molecule has 20 nitrogen and oxygen atoms in total. The lowest BCUT2D eigenvalue weighted by atomic mass is 9.46. The Bertz CT molecular complexity index is 3740. The molecule has 12 atom stereocenters. The number of methoxy groups -OCH3 is 1. The van der Waals surface area contributed by atoms with Crippen molar-refractivity contribution in [1.82, 2.24) is 0 Å². The fourth-order valence-corrected chi connectivity index (χ4v) is 14.4. The van der Waals surface area contributed by atoms with Crippen LogP contribution in [0.5, 0.6) is 23.0 Å². The predicted molar refractivity (Wildman–Crippen MR) is 319 cm³/mol. The van der Waals surface area contributed by atoms with Crippen molar-refractivity contribution in [2.24, 2.45) is 22.7 Å². The zero-order chi connectivity index (χ0) is 64.0. The number of fused-ring (bicyclic) bond motifs is 6. The molecule has 0 aromatic heterocycles. The van der Waals surface area contributed by atoms with Gasteiger partial charge in [0.2, 0.25) is 12.4 Å². The summed E-state index contributed by atoms with van der Waals surface area (Å²) in [6.07, 6.45) is 4.09. The van der Waals surface area contributed by atoms with Crippen LogP contribution < -0.4 is 18.9 Å². The Morgan fingerprint density at radius 2 is 1.42 bits per heavy atom. The molecule has 1 spiro atoms. The number of rotatable bonds is 17. The summed E-state index contributed by atoms with van der Waals surface area (Å²) in [5.74, 6) is -6.55. The van der Waals surface area contributed by atoms with Crippen molar-refractivity contribution >= 4 is 59.2 Å². The first-order valence-electron chi connectivity index (χ1n) is 30.0. The van der Waals surface area contributed by atoms with Crippen molar-refractivity contribution in [1.29, 1.82) is 0 Å². The highest BCUT2D eigenvalue weighted by Crippen LogP contribution is 2.74. The molecule has 0 radical (unpaired) electrons. The van der Waals surface area contributed by atoms with Crippen LogP contribution in [0.3, 0.4) is 0 Å². The number of dihydropyridines is 1. The molecular formula is C69H73NO19. The number of esters is 6. The standard InChI is InChI=1S/C69H73NO19/c1-33(2)17-16-28-67(12)29-27-45-56(87-67)44(25-20-34(3)4)58-51(57(45)86-64(78)40-21-23-41(24-22-40)84-65-61(83-39(9)74)60(82-38(8)73)59(81-37(7)72)47(85-65)32-80-36(6)71)54-52-49(50-53(70-54)42-18-14-15-19-43(42)55(50)75)46-31-48-66(10,11)89-68(62(46)76,69(48,52)88-58)30-26-35(5)63(77)79-13/h14-15,17-24,26-27,29,46-48,50,54,59-61,65H,16,25,28,30-32H2,1-13H3/b35-26+/t46?,47-,48?,50?,54?,59-,60+,61-,65-,67?,68?,69?/m1/s1. The van der Waals surface area contributed by atoms with Crippen LogP contribution in [-0.4, -0.2) is 120 Å². The number of carbonyl (C=O) groups excluding carboxylic acids is 8. The van der Waals surface area contributed by atoms with E-state index < -0.39 is 119 Å². The molecule has 3 aromatic carbocycles. The van der Waals surface area contributed by atoms with Crippen LogP contribution in [0.2, 0.25) is 0 Å². The van der Waals surface area contributed by atoms with E-state index in [0.29, 0.717) is 63.3 Å². The zero-order valence-corrected chi connectivity index (χ0v) is 52.1. The van der Waals surface area contributed by atoms with Gasteiger partial charge in [0.15, 0.2) is 40.7 Å². The molecule has 0 amide bonds. The van der Waals surface area contributed by atoms with Crippen molar-refractivity contribution in [3.63, 3.8) is 0 Å². The Morgan fingerprint density at radius 3 is 2.07 bits per heavy atom. The lowest BCUT2D eigenvalue weighted by molar-refractivity contribution is -0.288. The average molecular weight is 1220 g/mol. The second-order valence-electron chi connectivity index (χ2n) is 25.2. The summed E-state index contributed by atoms with van der Waals surface area (Å²) in [5.41, 5.74) is 1.21. The average Bonchev–Trinajstić information content (AvgIpc) is 1.55. The minimum atomic E-state index is -1.77. The normalized spacial score (nSPS) is 29.2. The van der Waals surface area contributed by atoms with E-state index in [1.807, 2.05) is 72.8 Å². The molecule has 7 unspecified atom stereocenters. The Morgan fingerprint density at radius 1 is 0.753 bits per heavy atom. The third kappa shape index (κ3) is 10.6. The van der Waals surface area contributed by atoms with E-state index in [0.717, 1.165) is 38.8 Å². The minimum Gasteiger partial charge on any atom is -0.482 e. The highest BCUT2D eigenvalue weighted by Gasteiger charge is 2.83. The van der Waals surface area contributed by atoms with Crippen LogP contribution in [-0.2, 0) is 68.3 Å². The van der Waals surface area contributed by atoms with Crippen molar-refractivity contribution in [2.75, 3.05) is 13.7 Å². The van der Waals surface area contributed by atoms with Crippen LogP contribution in [0.4, 0.5) is 0 Å². The summed E-state index contributed by atoms with van der Waals surface area (Å²) < 4.78 is 69.0. The molecule has 3 fully saturated rings. The summed E-state index contributed by atoms with van der Waals surface area (Å²) in [5, 5.41) is 0. The molecule has 3 aromatic rings. The number of benzene rings is 3. The number of allylic oxidation sites excluding steroid dienone is 5. The third-order valence-corrected chi connectivity index (χ3v) is 18.1. The lowest BCUT2D eigenvalue weighted by Gasteiger charge is -2.61. The topological polar surface area (TPSA) is 250 Å². The maximum atomic E-state index is 16.1. The Kier molecular flexibility index (Phi) is 16.2. The van der Waals surface area contributed by atoms with Crippen molar-refractivity contribution in [3.8, 4) is 23.0 Å². The van der Waals surface area contributed by atoms with E-state index in [1.165, 1.54) is 31.4 Å². The van der Waals surface area contributed by atoms with Gasteiger partial charge in [-0.3, -0.25) is 33.8 Å². The molecule has 1 saturated carbocycles. The maximum Gasteiger partial charge on any atom is 0.343 e. The van der Waals surface area contributed by atoms with Crippen molar-refractivity contribution in [2.45, 2.75) is 174 Å². The van der Waals surface area contributed by atoms with E-state index in [2.05, 4.69) is 12.2 Å². The fourth-order valence-electron chi connectivity index (χ4n) is 14.4. The molecule has 2 saturated heterocycles. The van der Waals surface area contributed by atoms with Crippen LogP contribution in [0.25, 0.3) is 6.08 Å². The van der Waals surface area contributed by atoms with E-state index in [-0.39, 0.29) is 59.2 Å². The number of carbonyl (C=O) groups is 8. The van der Waals surface area contributed by atoms with Crippen molar-refractivity contribution < 1.29 is 90.5 Å². The molecule has 0 N–H and O–H groups in total. The molecule has 89 heavy (non-hydrogen) atoms. The molecule has 20 heteroatoms. The maximum absolute atomic E-state index is 16.1. The van der Waals surface area contributed by atoms with Gasteiger partial charge in [-0.15, -0.1) is 0 Å². The zero-order valence-electron chi connectivity index (χ0n) is 52.1. The lowest BCUT2D eigenvalue weighted by Crippen LogP contribution is -2.73. The highest BCUT2D eigenvalue weighted by atomic mass is 16.7. The first-order valence-corrected chi connectivity index (χ1v) is 30.0. The van der Waals surface area contributed by atoms with E-state index in [4.69, 9.17) is 57.1 Å². The second-order valence-corrected chi connectivity index (χ2v) is 25.2. The molecule has 468 valence electrons. The summed E-state index contributed by atoms with van der Waals surface area (Å²) in [6.45, 7) is 19.5. The number of ketones is 2. The van der Waals surface area contributed by atoms with Crippen LogP contribution >= 0.6 is 0 Å². The summed E-state index contributed by atoms with van der Waals surface area (Å²) in [4.78, 5) is 115. The largest absolute Gasteiger partial charge is 0.482 e. The van der Waals surface area contributed by atoms with E-state index in [1.54, 1.807) is 25.1 Å². The van der Waals surface area contributed by atoms with Gasteiger partial charge in [0.05, 0.1) is 41.0 Å². The predicted octanol–water partition coefficient (Wildman–Crippen LogP) is 9.85. The molecular weight excluding hydrogens is 1150 g/mol. The van der Waals surface area contributed by atoms with Gasteiger partial charge in [-0.05, 0) is 123 Å². The third-order valence-electron chi connectivity index (χ3n) is 18.1. The van der Waals surface area contributed by atoms with Gasteiger partial charge in [-0.1, -0.05) is 53.6 Å². The number of hydrogen-bond donors (Lipinski definition) is 0. The second kappa shape index (κ2) is 23.1. The molecule has 5 aliphatic heterocycles. The summed E-state index contributed by atoms with van der Waals surface area (Å²) in [6, 6.07) is 12.0. The molecule has 9 aliphatic rings. The van der Waals surface area contributed by atoms with Crippen molar-refractivity contribution in [3.05, 3.63) is 134 Å². The van der Waals surface area contributed by atoms with Crippen LogP contribution in [0.15, 0.2) is 106 Å². The number of aliphatic imine (C=N–C) groups is 1. The summed E-state index contributed by atoms with van der Waals surface area (Å²) in [7, 11) is 1.29. The number of hydrogen-bond acceptors (Lipinski definition) is 20. The fraction of sp³-hybridized carbons (Fsp3) is 0.464. The first kappa shape index (κ1) is 62.1. The van der Waals surface area contributed by atoms with E-state index in [9.17, 15) is 24.0 Å². The quantitative estimate of drug-likeness (QED) is 0.0401. The van der Waals surface area contributed by atoms with Gasteiger partial charge >= 0.3 is 35.8 Å².